The van der Waals surface area contributed by atoms with E-state index < -0.39 is 0 Å². The first-order valence-electron chi connectivity index (χ1n) is 7.99. The minimum Gasteiger partial charge on any atom is -0.352 e. The van der Waals surface area contributed by atoms with Crippen LogP contribution in [0, 0.1) is 0 Å². The minimum absolute atomic E-state index is 0.00806. The lowest BCUT2D eigenvalue weighted by atomic mass is 10.0. The molecule has 1 amide bonds. The van der Waals surface area contributed by atoms with Crippen molar-refractivity contribution < 1.29 is 4.79 Å². The van der Waals surface area contributed by atoms with Crippen LogP contribution in [0.2, 0.25) is 0 Å². The molecule has 1 heterocycles. The van der Waals surface area contributed by atoms with Crippen LogP contribution in [0.15, 0.2) is 0 Å². The Morgan fingerprint density at radius 2 is 1.89 bits per heavy atom. The van der Waals surface area contributed by atoms with Crippen molar-refractivity contribution in [3.05, 3.63) is 0 Å². The number of nitrogens with one attached hydrogen (secondary N) is 2. The van der Waals surface area contributed by atoms with Crippen LogP contribution >= 0.6 is 0 Å². The van der Waals surface area contributed by atoms with Crippen LogP contribution in [0.1, 0.15) is 52.4 Å². The summed E-state index contributed by atoms with van der Waals surface area (Å²) in [6, 6.07) is 1.01. The molecule has 1 saturated heterocycles. The average Bonchev–Trinajstić information content (AvgIpc) is 2.93. The molecule has 2 aliphatic rings. The molecule has 1 saturated carbocycles. The molecular formula is C15H29N3O. The molecule has 19 heavy (non-hydrogen) atoms. The van der Waals surface area contributed by atoms with Crippen molar-refractivity contribution in [3.8, 4) is 0 Å². The predicted molar refractivity (Wildman–Crippen MR) is 78.1 cm³/mol. The molecule has 1 aliphatic carbocycles. The quantitative estimate of drug-likeness (QED) is 0.793. The van der Waals surface area contributed by atoms with Gasteiger partial charge in [0.1, 0.15) is 0 Å². The van der Waals surface area contributed by atoms with E-state index in [1.54, 1.807) is 0 Å². The summed E-state index contributed by atoms with van der Waals surface area (Å²) in [4.78, 5) is 14.8. The van der Waals surface area contributed by atoms with Crippen LogP contribution in [-0.4, -0.2) is 48.6 Å². The zero-order chi connectivity index (χ0) is 13.7. The molecule has 1 atom stereocenters. The van der Waals surface area contributed by atoms with Gasteiger partial charge in [-0.3, -0.25) is 9.69 Å². The number of nitrogens with zero attached hydrogens (tertiary/aromatic N) is 1. The van der Waals surface area contributed by atoms with Crippen LogP contribution in [-0.2, 0) is 4.79 Å². The SMILES string of the molecule is CCN(C1CCNCC1)C(C)C(=O)NC1CCCC1. The fourth-order valence-corrected chi connectivity index (χ4v) is 3.53. The lowest BCUT2D eigenvalue weighted by Gasteiger charge is -2.37. The van der Waals surface area contributed by atoms with E-state index in [1.165, 1.54) is 12.8 Å². The van der Waals surface area contributed by atoms with E-state index in [-0.39, 0.29) is 11.9 Å². The molecule has 110 valence electrons. The Kier molecular flexibility index (Phi) is 5.64. The van der Waals surface area contributed by atoms with Gasteiger partial charge in [0, 0.05) is 12.1 Å². The molecule has 0 aromatic carbocycles. The van der Waals surface area contributed by atoms with E-state index in [4.69, 9.17) is 0 Å². The maximum absolute atomic E-state index is 12.4. The number of amides is 1. The van der Waals surface area contributed by atoms with Gasteiger partial charge in [-0.15, -0.1) is 0 Å². The number of carbonyl (C=O) groups is 1. The molecule has 1 aliphatic heterocycles. The third-order valence-corrected chi connectivity index (χ3v) is 4.72. The zero-order valence-corrected chi connectivity index (χ0v) is 12.5. The Bertz CT molecular complexity index is 283. The normalized spacial score (nSPS) is 23.7. The summed E-state index contributed by atoms with van der Waals surface area (Å²) in [6.07, 6.45) is 7.19. The summed E-state index contributed by atoms with van der Waals surface area (Å²) in [5, 5.41) is 6.63. The molecule has 1 unspecified atom stereocenters. The van der Waals surface area contributed by atoms with Crippen molar-refractivity contribution in [2.75, 3.05) is 19.6 Å². The van der Waals surface area contributed by atoms with Crippen LogP contribution < -0.4 is 10.6 Å². The van der Waals surface area contributed by atoms with E-state index in [1.807, 2.05) is 0 Å². The molecule has 2 rings (SSSR count). The molecule has 4 heteroatoms. The van der Waals surface area contributed by atoms with Gasteiger partial charge in [-0.05, 0) is 52.2 Å². The summed E-state index contributed by atoms with van der Waals surface area (Å²) in [5.74, 6) is 0.229. The molecule has 0 spiro atoms. The average molecular weight is 267 g/mol. The molecule has 2 N–H and O–H groups in total. The van der Waals surface area contributed by atoms with Gasteiger partial charge in [0.2, 0.25) is 5.91 Å². The molecule has 2 fully saturated rings. The van der Waals surface area contributed by atoms with Gasteiger partial charge in [0.25, 0.3) is 0 Å². The number of carbonyl (C=O) groups excluding carboxylic acids is 1. The molecule has 0 aromatic rings. The van der Waals surface area contributed by atoms with Crippen LogP contribution in [0.25, 0.3) is 0 Å². The number of hydrogen-bond donors (Lipinski definition) is 2. The van der Waals surface area contributed by atoms with E-state index >= 15 is 0 Å². The van der Waals surface area contributed by atoms with Crippen LogP contribution in [0.5, 0.6) is 0 Å². The van der Waals surface area contributed by atoms with Crippen molar-refractivity contribution in [2.45, 2.75) is 70.5 Å². The topological polar surface area (TPSA) is 44.4 Å². The Morgan fingerprint density at radius 3 is 2.47 bits per heavy atom. The second-order valence-electron chi connectivity index (χ2n) is 5.98. The first kappa shape index (κ1) is 14.8. The van der Waals surface area contributed by atoms with Crippen molar-refractivity contribution in [1.29, 1.82) is 0 Å². The first-order chi connectivity index (χ1) is 9.22. The number of piperidine rings is 1. The highest BCUT2D eigenvalue weighted by molar-refractivity contribution is 5.81. The van der Waals surface area contributed by atoms with Crippen LogP contribution in [0.4, 0.5) is 0 Å². The summed E-state index contributed by atoms with van der Waals surface area (Å²) in [5.41, 5.74) is 0. The second kappa shape index (κ2) is 7.25. The maximum Gasteiger partial charge on any atom is 0.237 e. The predicted octanol–water partition coefficient (Wildman–Crippen LogP) is 1.51. The Balaban J connectivity index is 1.86. The number of likely N-dealkylation sites (N-methyl/N-ethyl adjacent to an activating group) is 1. The highest BCUT2D eigenvalue weighted by Gasteiger charge is 2.29. The van der Waals surface area contributed by atoms with Crippen molar-refractivity contribution in [3.63, 3.8) is 0 Å². The number of hydrogen-bond acceptors (Lipinski definition) is 3. The van der Waals surface area contributed by atoms with Crippen molar-refractivity contribution in [1.82, 2.24) is 15.5 Å². The molecule has 0 radical (unpaired) electrons. The summed E-state index contributed by atoms with van der Waals surface area (Å²) in [7, 11) is 0. The fraction of sp³-hybridized carbons (Fsp3) is 0.933. The Labute approximate surface area is 117 Å². The zero-order valence-electron chi connectivity index (χ0n) is 12.5. The molecule has 0 bridgehead atoms. The van der Waals surface area contributed by atoms with Gasteiger partial charge in [0.05, 0.1) is 6.04 Å². The van der Waals surface area contributed by atoms with Gasteiger partial charge in [0.15, 0.2) is 0 Å². The minimum atomic E-state index is 0.00806. The first-order valence-corrected chi connectivity index (χ1v) is 7.99. The van der Waals surface area contributed by atoms with Gasteiger partial charge < -0.3 is 10.6 Å². The summed E-state index contributed by atoms with van der Waals surface area (Å²) >= 11 is 0. The second-order valence-corrected chi connectivity index (χ2v) is 5.98. The van der Waals surface area contributed by atoms with E-state index in [0.29, 0.717) is 12.1 Å². The third kappa shape index (κ3) is 3.93. The fourth-order valence-electron chi connectivity index (χ4n) is 3.53. The van der Waals surface area contributed by atoms with Gasteiger partial charge in [-0.25, -0.2) is 0 Å². The standard InChI is InChI=1S/C15H29N3O/c1-3-18(14-8-10-16-11-9-14)12(2)15(19)17-13-6-4-5-7-13/h12-14,16H,3-11H2,1-2H3,(H,17,19). The highest BCUT2D eigenvalue weighted by Crippen LogP contribution is 2.19. The lowest BCUT2D eigenvalue weighted by Crippen LogP contribution is -2.53. The molecular weight excluding hydrogens is 238 g/mol. The van der Waals surface area contributed by atoms with Crippen molar-refractivity contribution >= 4 is 5.91 Å². The van der Waals surface area contributed by atoms with Crippen molar-refractivity contribution in [2.24, 2.45) is 0 Å². The number of rotatable bonds is 5. The highest BCUT2D eigenvalue weighted by atomic mass is 16.2. The van der Waals surface area contributed by atoms with Gasteiger partial charge in [-0.2, -0.15) is 0 Å². The van der Waals surface area contributed by atoms with Gasteiger partial charge in [-0.1, -0.05) is 19.8 Å². The largest absolute Gasteiger partial charge is 0.352 e. The van der Waals surface area contributed by atoms with Crippen LogP contribution in [0.3, 0.4) is 0 Å². The van der Waals surface area contributed by atoms with E-state index in [0.717, 1.165) is 45.3 Å². The van der Waals surface area contributed by atoms with E-state index in [9.17, 15) is 4.79 Å². The monoisotopic (exact) mass is 267 g/mol. The lowest BCUT2D eigenvalue weighted by molar-refractivity contribution is -0.127. The van der Waals surface area contributed by atoms with Gasteiger partial charge >= 0.3 is 0 Å². The summed E-state index contributed by atoms with van der Waals surface area (Å²) < 4.78 is 0. The smallest absolute Gasteiger partial charge is 0.237 e. The summed E-state index contributed by atoms with van der Waals surface area (Å²) in [6.45, 7) is 7.36. The Morgan fingerprint density at radius 1 is 1.26 bits per heavy atom. The molecule has 0 aromatic heterocycles. The Hall–Kier alpha value is -0.610. The molecule has 4 nitrogen and oxygen atoms in total. The van der Waals surface area contributed by atoms with E-state index in [2.05, 4.69) is 29.4 Å². The third-order valence-electron chi connectivity index (χ3n) is 4.72. The maximum atomic E-state index is 12.4.